The number of hydrogen-bond acceptors (Lipinski definition) is 2. The maximum Gasteiger partial charge on any atom is 0.230 e. The third-order valence-electron chi connectivity index (χ3n) is 3.85. The fraction of sp³-hybridized carbons (Fsp3) is 0.150. The van der Waals surface area contributed by atoms with Gasteiger partial charge in [-0.05, 0) is 30.0 Å². The Balaban J connectivity index is 1.67. The first-order valence-electron chi connectivity index (χ1n) is 7.79. The van der Waals surface area contributed by atoms with Gasteiger partial charge in [0.25, 0.3) is 0 Å². The maximum absolute atomic E-state index is 12.3. The molecule has 0 radical (unpaired) electrons. The molecule has 2 nitrogen and oxygen atoms in total. The first-order chi connectivity index (χ1) is 11.6. The molecule has 0 heterocycles. The van der Waals surface area contributed by atoms with Crippen molar-refractivity contribution in [1.82, 2.24) is 5.32 Å². The summed E-state index contributed by atoms with van der Waals surface area (Å²) in [7, 11) is 0. The summed E-state index contributed by atoms with van der Waals surface area (Å²) in [6, 6.07) is 21.8. The van der Waals surface area contributed by atoms with E-state index in [0.29, 0.717) is 10.8 Å². The molecule has 0 bridgehead atoms. The van der Waals surface area contributed by atoms with Gasteiger partial charge >= 0.3 is 0 Å². The van der Waals surface area contributed by atoms with Crippen LogP contribution >= 0.6 is 23.4 Å². The van der Waals surface area contributed by atoms with Crippen LogP contribution in [-0.2, 0) is 4.79 Å². The highest BCUT2D eigenvalue weighted by molar-refractivity contribution is 8.00. The monoisotopic (exact) mass is 355 g/mol. The van der Waals surface area contributed by atoms with E-state index >= 15 is 0 Å². The number of halogens is 1. The highest BCUT2D eigenvalue weighted by Crippen LogP contribution is 2.33. The lowest BCUT2D eigenvalue weighted by Crippen LogP contribution is -2.28. The number of rotatable bonds is 5. The molecule has 3 aromatic carbocycles. The number of amides is 1. The normalized spacial score (nSPS) is 12.1. The average Bonchev–Trinajstić information content (AvgIpc) is 2.61. The van der Waals surface area contributed by atoms with Crippen molar-refractivity contribution in [3.63, 3.8) is 0 Å². The van der Waals surface area contributed by atoms with Crippen molar-refractivity contribution in [3.05, 3.63) is 77.3 Å². The lowest BCUT2D eigenvalue weighted by molar-refractivity contribution is -0.119. The summed E-state index contributed by atoms with van der Waals surface area (Å²) in [6.07, 6.45) is 0. The second-order valence-corrected chi connectivity index (χ2v) is 7.01. The largest absolute Gasteiger partial charge is 0.349 e. The predicted octanol–water partition coefficient (Wildman–Crippen LogP) is 5.46. The third-order valence-corrected chi connectivity index (χ3v) is 5.22. The average molecular weight is 356 g/mol. The summed E-state index contributed by atoms with van der Waals surface area (Å²) in [6.45, 7) is 1.99. The lowest BCUT2D eigenvalue weighted by Gasteiger charge is -2.14. The molecule has 122 valence electrons. The van der Waals surface area contributed by atoms with Gasteiger partial charge < -0.3 is 5.32 Å². The topological polar surface area (TPSA) is 29.1 Å². The zero-order chi connectivity index (χ0) is 16.9. The van der Waals surface area contributed by atoms with Crippen LogP contribution in [0.3, 0.4) is 0 Å². The van der Waals surface area contributed by atoms with Crippen LogP contribution in [0.4, 0.5) is 0 Å². The molecule has 0 saturated carbocycles. The highest BCUT2D eigenvalue weighted by atomic mass is 35.5. The van der Waals surface area contributed by atoms with Crippen LogP contribution in [-0.4, -0.2) is 11.7 Å². The first kappa shape index (κ1) is 16.9. The van der Waals surface area contributed by atoms with Gasteiger partial charge in [0.1, 0.15) is 0 Å². The molecule has 24 heavy (non-hydrogen) atoms. The van der Waals surface area contributed by atoms with Crippen molar-refractivity contribution in [3.8, 4) is 0 Å². The Morgan fingerprint density at radius 2 is 1.75 bits per heavy atom. The van der Waals surface area contributed by atoms with Crippen LogP contribution in [0, 0.1) is 0 Å². The summed E-state index contributed by atoms with van der Waals surface area (Å²) in [5, 5.41) is 5.85. The van der Waals surface area contributed by atoms with E-state index in [4.69, 9.17) is 11.6 Å². The van der Waals surface area contributed by atoms with Crippen molar-refractivity contribution in [2.24, 2.45) is 0 Å². The van der Waals surface area contributed by atoms with Gasteiger partial charge in [-0.1, -0.05) is 66.2 Å². The fourth-order valence-corrected chi connectivity index (χ4v) is 3.89. The van der Waals surface area contributed by atoms with Crippen LogP contribution < -0.4 is 5.32 Å². The molecule has 0 spiro atoms. The number of benzene rings is 3. The minimum absolute atomic E-state index is 0.00425. The van der Waals surface area contributed by atoms with E-state index in [9.17, 15) is 4.79 Å². The van der Waals surface area contributed by atoms with E-state index < -0.39 is 0 Å². The number of hydrogen-bond donors (Lipinski definition) is 1. The lowest BCUT2D eigenvalue weighted by atomic mass is 10.1. The second kappa shape index (κ2) is 7.73. The van der Waals surface area contributed by atoms with Crippen molar-refractivity contribution in [2.45, 2.75) is 17.9 Å². The Labute approximate surface area is 151 Å². The van der Waals surface area contributed by atoms with Gasteiger partial charge in [-0.3, -0.25) is 4.79 Å². The van der Waals surface area contributed by atoms with Crippen LogP contribution in [0.15, 0.2) is 71.6 Å². The van der Waals surface area contributed by atoms with Gasteiger partial charge in [-0.15, -0.1) is 11.8 Å². The zero-order valence-corrected chi connectivity index (χ0v) is 14.9. The molecule has 1 N–H and O–H groups in total. The van der Waals surface area contributed by atoms with Gasteiger partial charge in [0.2, 0.25) is 5.91 Å². The molecule has 0 aliphatic heterocycles. The van der Waals surface area contributed by atoms with Gasteiger partial charge in [0.05, 0.1) is 11.8 Å². The third kappa shape index (κ3) is 3.92. The number of fused-ring (bicyclic) bond motifs is 1. The number of carbonyl (C=O) groups excluding carboxylic acids is 1. The summed E-state index contributed by atoms with van der Waals surface area (Å²) in [5.41, 5.74) is 1.10. The highest BCUT2D eigenvalue weighted by Gasteiger charge is 2.11. The van der Waals surface area contributed by atoms with Gasteiger partial charge in [-0.2, -0.15) is 0 Å². The van der Waals surface area contributed by atoms with Crippen LogP contribution in [0.5, 0.6) is 0 Å². The molecule has 0 unspecified atom stereocenters. The molecule has 0 aromatic heterocycles. The summed E-state index contributed by atoms with van der Waals surface area (Å²) in [5.74, 6) is 0.377. The molecule has 0 aliphatic carbocycles. The summed E-state index contributed by atoms with van der Waals surface area (Å²) >= 11 is 7.84. The zero-order valence-electron chi connectivity index (χ0n) is 13.3. The van der Waals surface area contributed by atoms with Crippen molar-refractivity contribution in [1.29, 1.82) is 0 Å². The molecular weight excluding hydrogens is 338 g/mol. The molecule has 3 rings (SSSR count). The number of thioether (sulfide) groups is 1. The molecule has 0 fully saturated rings. The standard InChI is InChI=1S/C20H18ClNOS/c1-14(15-7-3-2-4-8-15)22-19(23)13-24-18-12-6-10-16-9-5-11-17(21)20(16)18/h2-12,14H,13H2,1H3,(H,22,23)/t14-/m1/s1. The summed E-state index contributed by atoms with van der Waals surface area (Å²) < 4.78 is 0. The minimum Gasteiger partial charge on any atom is -0.349 e. The van der Waals surface area contributed by atoms with Gasteiger partial charge in [-0.25, -0.2) is 0 Å². The van der Waals surface area contributed by atoms with Crippen LogP contribution in [0.1, 0.15) is 18.5 Å². The molecule has 3 aromatic rings. The molecule has 1 atom stereocenters. The Bertz CT molecular complexity index is 845. The quantitative estimate of drug-likeness (QED) is 0.615. The fourth-order valence-electron chi connectivity index (χ4n) is 2.63. The van der Waals surface area contributed by atoms with E-state index in [1.54, 1.807) is 0 Å². The van der Waals surface area contributed by atoms with E-state index in [0.717, 1.165) is 21.2 Å². The predicted molar refractivity (Wildman–Crippen MR) is 103 cm³/mol. The van der Waals surface area contributed by atoms with E-state index in [2.05, 4.69) is 5.32 Å². The Morgan fingerprint density at radius 1 is 1.04 bits per heavy atom. The van der Waals surface area contributed by atoms with E-state index in [-0.39, 0.29) is 11.9 Å². The number of nitrogens with one attached hydrogen (secondary N) is 1. The minimum atomic E-state index is -0.00425. The Kier molecular flexibility index (Phi) is 5.44. The van der Waals surface area contributed by atoms with Gasteiger partial charge in [0, 0.05) is 15.3 Å². The SMILES string of the molecule is C[C@@H](NC(=O)CSc1cccc2cccc(Cl)c12)c1ccccc1. The van der Waals surface area contributed by atoms with Crippen molar-refractivity contribution in [2.75, 3.05) is 5.75 Å². The van der Waals surface area contributed by atoms with Crippen molar-refractivity contribution >= 4 is 40.0 Å². The Hall–Kier alpha value is -1.97. The number of carbonyl (C=O) groups is 1. The molecule has 4 heteroatoms. The van der Waals surface area contributed by atoms with E-state index in [1.807, 2.05) is 73.7 Å². The first-order valence-corrected chi connectivity index (χ1v) is 9.16. The molecule has 0 aliphatic rings. The molecule has 1 amide bonds. The van der Waals surface area contributed by atoms with E-state index in [1.165, 1.54) is 11.8 Å². The van der Waals surface area contributed by atoms with Crippen LogP contribution in [0.2, 0.25) is 5.02 Å². The molecular formula is C20H18ClNOS. The van der Waals surface area contributed by atoms with Crippen LogP contribution in [0.25, 0.3) is 10.8 Å². The maximum atomic E-state index is 12.3. The van der Waals surface area contributed by atoms with Crippen molar-refractivity contribution < 1.29 is 4.79 Å². The smallest absolute Gasteiger partial charge is 0.230 e. The van der Waals surface area contributed by atoms with Gasteiger partial charge in [0.15, 0.2) is 0 Å². The second-order valence-electron chi connectivity index (χ2n) is 5.58. The summed E-state index contributed by atoms with van der Waals surface area (Å²) in [4.78, 5) is 13.3. The molecule has 0 saturated heterocycles. The Morgan fingerprint density at radius 3 is 2.50 bits per heavy atom.